The fraction of sp³-hybridized carbons (Fsp3) is 0.318. The largest absolute Gasteiger partial charge is 0.480 e. The smallest absolute Gasteiger partial charge is 0.326 e. The Kier molecular flexibility index (Phi) is 5.78. The lowest BCUT2D eigenvalue weighted by molar-refractivity contribution is -0.151. The molecule has 0 unspecified atom stereocenters. The van der Waals surface area contributed by atoms with Crippen molar-refractivity contribution < 1.29 is 19.5 Å². The Hall–Kier alpha value is -3.15. The van der Waals surface area contributed by atoms with E-state index in [-0.39, 0.29) is 31.2 Å². The van der Waals surface area contributed by atoms with Gasteiger partial charge < -0.3 is 15.3 Å². The van der Waals surface area contributed by atoms with Crippen LogP contribution in [-0.2, 0) is 27.3 Å². The summed E-state index contributed by atoms with van der Waals surface area (Å²) in [4.78, 5) is 37.9. The molecular weight excluding hydrogens is 356 g/mol. The van der Waals surface area contributed by atoms with Gasteiger partial charge >= 0.3 is 5.97 Å². The Morgan fingerprint density at radius 2 is 1.75 bits per heavy atom. The van der Waals surface area contributed by atoms with E-state index >= 15 is 0 Å². The van der Waals surface area contributed by atoms with Crippen LogP contribution in [0.2, 0.25) is 0 Å². The van der Waals surface area contributed by atoms with Gasteiger partial charge in [0.25, 0.3) is 0 Å². The molecule has 0 aliphatic carbocycles. The predicted molar refractivity (Wildman–Crippen MR) is 104 cm³/mol. The molecule has 2 atom stereocenters. The van der Waals surface area contributed by atoms with E-state index in [0.717, 1.165) is 22.3 Å². The zero-order valence-electron chi connectivity index (χ0n) is 16.0. The summed E-state index contributed by atoms with van der Waals surface area (Å²) in [6.45, 7) is 3.63. The molecule has 1 heterocycles. The number of fused-ring (bicyclic) bond motifs is 1. The highest BCUT2D eigenvalue weighted by Crippen LogP contribution is 2.26. The van der Waals surface area contributed by atoms with Gasteiger partial charge in [0.1, 0.15) is 6.04 Å². The van der Waals surface area contributed by atoms with Gasteiger partial charge in [-0.15, -0.1) is 0 Å². The normalized spacial score (nSPS) is 16.8. The fourth-order valence-electron chi connectivity index (χ4n) is 3.59. The van der Waals surface area contributed by atoms with Crippen molar-refractivity contribution in [2.75, 3.05) is 0 Å². The topological polar surface area (TPSA) is 86.7 Å². The highest BCUT2D eigenvalue weighted by molar-refractivity contribution is 5.85. The number of aliphatic carboxylic acids is 1. The summed E-state index contributed by atoms with van der Waals surface area (Å²) in [5.41, 5.74) is 3.81. The Bertz CT molecular complexity index is 892. The zero-order chi connectivity index (χ0) is 20.3. The van der Waals surface area contributed by atoms with E-state index in [1.807, 2.05) is 55.5 Å². The fourth-order valence-corrected chi connectivity index (χ4v) is 3.59. The minimum atomic E-state index is -1.02. The van der Waals surface area contributed by atoms with Crippen LogP contribution in [0.25, 0.3) is 0 Å². The maximum atomic E-state index is 13.1. The van der Waals surface area contributed by atoms with Crippen molar-refractivity contribution in [3.8, 4) is 0 Å². The Labute approximate surface area is 164 Å². The van der Waals surface area contributed by atoms with Crippen molar-refractivity contribution in [2.45, 2.75) is 45.3 Å². The highest BCUT2D eigenvalue weighted by atomic mass is 16.4. The van der Waals surface area contributed by atoms with E-state index in [0.29, 0.717) is 0 Å². The second kappa shape index (κ2) is 8.25. The van der Waals surface area contributed by atoms with Gasteiger partial charge in [0.05, 0.1) is 12.5 Å². The number of amides is 2. The lowest BCUT2D eigenvalue weighted by Gasteiger charge is -2.35. The number of carbonyl (C=O) groups excluding carboxylic acids is 2. The minimum Gasteiger partial charge on any atom is -0.480 e. The Morgan fingerprint density at radius 1 is 1.11 bits per heavy atom. The molecule has 0 fully saturated rings. The molecule has 0 saturated carbocycles. The maximum Gasteiger partial charge on any atom is 0.326 e. The van der Waals surface area contributed by atoms with E-state index in [9.17, 15) is 19.5 Å². The van der Waals surface area contributed by atoms with Crippen LogP contribution in [0.15, 0.2) is 48.5 Å². The predicted octanol–water partition coefficient (Wildman–Crippen LogP) is 2.60. The maximum absolute atomic E-state index is 13.1. The summed E-state index contributed by atoms with van der Waals surface area (Å²) in [6, 6.07) is 13.8. The van der Waals surface area contributed by atoms with Crippen molar-refractivity contribution in [3.05, 3.63) is 70.8 Å². The van der Waals surface area contributed by atoms with Crippen LogP contribution in [0, 0.1) is 6.92 Å². The van der Waals surface area contributed by atoms with E-state index in [2.05, 4.69) is 5.32 Å². The summed E-state index contributed by atoms with van der Waals surface area (Å²) < 4.78 is 0. The highest BCUT2D eigenvalue weighted by Gasteiger charge is 2.35. The molecular formula is C22H24N2O4. The molecule has 28 heavy (non-hydrogen) atoms. The molecule has 0 aromatic heterocycles. The molecule has 0 spiro atoms. The van der Waals surface area contributed by atoms with Crippen LogP contribution >= 0.6 is 0 Å². The first kappa shape index (κ1) is 19.6. The van der Waals surface area contributed by atoms with Crippen LogP contribution in [0.3, 0.4) is 0 Å². The molecule has 3 rings (SSSR count). The lowest BCUT2D eigenvalue weighted by Crippen LogP contribution is -2.49. The van der Waals surface area contributed by atoms with Crippen LogP contribution in [-0.4, -0.2) is 33.8 Å². The van der Waals surface area contributed by atoms with Crippen LogP contribution in [0.4, 0.5) is 0 Å². The first-order valence-corrected chi connectivity index (χ1v) is 9.28. The molecule has 0 radical (unpaired) electrons. The third-order valence-corrected chi connectivity index (χ3v) is 5.09. The second-order valence-electron chi connectivity index (χ2n) is 7.22. The van der Waals surface area contributed by atoms with Crippen molar-refractivity contribution >= 4 is 17.8 Å². The Balaban J connectivity index is 1.84. The number of hydrogen-bond acceptors (Lipinski definition) is 3. The summed E-state index contributed by atoms with van der Waals surface area (Å²) >= 11 is 0. The summed E-state index contributed by atoms with van der Waals surface area (Å²) in [7, 11) is 0. The number of nitrogens with one attached hydrogen (secondary N) is 1. The van der Waals surface area contributed by atoms with Gasteiger partial charge in [0, 0.05) is 19.9 Å². The molecule has 2 N–H and O–H groups in total. The van der Waals surface area contributed by atoms with Crippen LogP contribution < -0.4 is 5.32 Å². The number of benzene rings is 2. The van der Waals surface area contributed by atoms with Gasteiger partial charge in [-0.3, -0.25) is 9.59 Å². The van der Waals surface area contributed by atoms with Gasteiger partial charge in [-0.25, -0.2) is 4.79 Å². The Morgan fingerprint density at radius 3 is 2.36 bits per heavy atom. The van der Waals surface area contributed by atoms with Gasteiger partial charge in [-0.2, -0.15) is 0 Å². The zero-order valence-corrected chi connectivity index (χ0v) is 16.0. The molecule has 0 saturated heterocycles. The number of carbonyl (C=O) groups is 3. The standard InChI is InChI=1S/C22H24N2O4/c1-14-7-9-16(10-8-14)19(23-15(2)25)12-21(26)24-13-18-6-4-3-5-17(18)11-20(24)22(27)28/h3-10,19-20H,11-13H2,1-2H3,(H,23,25)(H,27,28)/t19-,20+/m0/s1. The third-order valence-electron chi connectivity index (χ3n) is 5.09. The van der Waals surface area contributed by atoms with Crippen molar-refractivity contribution in [1.29, 1.82) is 0 Å². The van der Waals surface area contributed by atoms with Gasteiger partial charge in [-0.1, -0.05) is 54.1 Å². The van der Waals surface area contributed by atoms with E-state index in [4.69, 9.17) is 0 Å². The van der Waals surface area contributed by atoms with Gasteiger partial charge in [0.2, 0.25) is 11.8 Å². The molecule has 6 nitrogen and oxygen atoms in total. The molecule has 1 aliphatic rings. The number of rotatable bonds is 5. The molecule has 146 valence electrons. The quantitative estimate of drug-likeness (QED) is 0.835. The van der Waals surface area contributed by atoms with Crippen molar-refractivity contribution in [2.24, 2.45) is 0 Å². The number of hydrogen-bond donors (Lipinski definition) is 2. The average molecular weight is 380 g/mol. The molecule has 2 aromatic rings. The summed E-state index contributed by atoms with van der Waals surface area (Å²) in [5, 5.41) is 12.5. The first-order valence-electron chi connectivity index (χ1n) is 9.28. The molecule has 1 aliphatic heterocycles. The molecule has 6 heteroatoms. The number of aryl methyl sites for hydroxylation is 1. The molecule has 2 amide bonds. The average Bonchev–Trinajstić information content (AvgIpc) is 2.66. The van der Waals surface area contributed by atoms with Crippen molar-refractivity contribution in [1.82, 2.24) is 10.2 Å². The number of nitrogens with zero attached hydrogens (tertiary/aromatic N) is 1. The van der Waals surface area contributed by atoms with Crippen LogP contribution in [0.1, 0.15) is 41.6 Å². The molecule has 2 aromatic carbocycles. The first-order chi connectivity index (χ1) is 13.3. The monoisotopic (exact) mass is 380 g/mol. The number of carboxylic acid groups (broad SMARTS) is 1. The van der Waals surface area contributed by atoms with E-state index in [1.165, 1.54) is 11.8 Å². The van der Waals surface area contributed by atoms with E-state index < -0.39 is 18.1 Å². The van der Waals surface area contributed by atoms with Crippen LogP contribution in [0.5, 0.6) is 0 Å². The summed E-state index contributed by atoms with van der Waals surface area (Å²) in [6.07, 6.45) is 0.293. The second-order valence-corrected chi connectivity index (χ2v) is 7.22. The van der Waals surface area contributed by atoms with Gasteiger partial charge in [-0.05, 0) is 23.6 Å². The summed E-state index contributed by atoms with van der Waals surface area (Å²) in [5.74, 6) is -1.55. The third kappa shape index (κ3) is 4.39. The molecule has 0 bridgehead atoms. The lowest BCUT2D eigenvalue weighted by atomic mass is 9.93. The van der Waals surface area contributed by atoms with E-state index in [1.54, 1.807) is 0 Å². The van der Waals surface area contributed by atoms with Gasteiger partial charge in [0.15, 0.2) is 0 Å². The number of carboxylic acids is 1. The SMILES string of the molecule is CC(=O)N[C@@H](CC(=O)N1Cc2ccccc2C[C@@H]1C(=O)O)c1ccc(C)cc1. The van der Waals surface area contributed by atoms with Crippen molar-refractivity contribution in [3.63, 3.8) is 0 Å². The minimum absolute atomic E-state index is 0.00852.